The summed E-state index contributed by atoms with van der Waals surface area (Å²) in [7, 11) is 0. The maximum Gasteiger partial charge on any atom is 0.252 e. The third-order valence-electron chi connectivity index (χ3n) is 3.93. The Labute approximate surface area is 126 Å². The van der Waals surface area contributed by atoms with E-state index < -0.39 is 0 Å². The highest BCUT2D eigenvalue weighted by atomic mass is 35.5. The Balaban J connectivity index is 2.04. The number of hydrogen-bond acceptors (Lipinski definition) is 2. The molecule has 0 atom stereocenters. The van der Waals surface area contributed by atoms with Crippen LogP contribution in [0, 0.1) is 0 Å². The summed E-state index contributed by atoms with van der Waals surface area (Å²) < 4.78 is 1.62. The van der Waals surface area contributed by atoms with Crippen molar-refractivity contribution in [1.29, 1.82) is 0 Å². The summed E-state index contributed by atoms with van der Waals surface area (Å²) in [5.41, 5.74) is 4.00. The van der Waals surface area contributed by atoms with Crippen molar-refractivity contribution in [3.63, 3.8) is 0 Å². The first kappa shape index (κ1) is 12.3. The normalized spacial score (nSPS) is 13.5. The number of aromatic nitrogens is 1. The van der Waals surface area contributed by atoms with Crippen LogP contribution in [-0.4, -0.2) is 10.6 Å². The highest BCUT2D eigenvalue weighted by Gasteiger charge is 2.26. The predicted octanol–water partition coefficient (Wildman–Crippen LogP) is 2.92. The van der Waals surface area contributed by atoms with Crippen molar-refractivity contribution >= 4 is 28.4 Å². The highest BCUT2D eigenvalue weighted by Crippen LogP contribution is 2.35. The zero-order valence-electron chi connectivity index (χ0n) is 11.1. The number of fused-ring (bicyclic) bond motifs is 2. The van der Waals surface area contributed by atoms with Crippen LogP contribution in [0.2, 0.25) is 5.02 Å². The number of carbonyl (C=O) groups is 1. The smallest absolute Gasteiger partial charge is 0.252 e. The maximum atomic E-state index is 12.1. The van der Waals surface area contributed by atoms with Crippen LogP contribution in [0.15, 0.2) is 42.5 Å². The number of nitrogens with two attached hydrogens (primary N) is 1. The van der Waals surface area contributed by atoms with Crippen LogP contribution in [-0.2, 0) is 6.54 Å². The molecule has 0 saturated heterocycles. The average Bonchev–Trinajstić information content (AvgIpc) is 3.03. The van der Waals surface area contributed by atoms with E-state index in [0.717, 1.165) is 27.7 Å². The first-order chi connectivity index (χ1) is 10.2. The Kier molecular flexibility index (Phi) is 2.50. The lowest BCUT2D eigenvalue weighted by atomic mass is 10.0. The molecular formula is C16H12ClN3O. The summed E-state index contributed by atoms with van der Waals surface area (Å²) in [5.74, 6) is 6.10. The minimum Gasteiger partial charge on any atom is -0.348 e. The lowest BCUT2D eigenvalue weighted by Gasteiger charge is -2.09. The van der Waals surface area contributed by atoms with Gasteiger partial charge in [0.2, 0.25) is 0 Å². The van der Waals surface area contributed by atoms with Crippen LogP contribution in [0.5, 0.6) is 0 Å². The Morgan fingerprint density at radius 2 is 2.00 bits per heavy atom. The minimum absolute atomic E-state index is 0.104. The minimum atomic E-state index is -0.104. The Hall–Kier alpha value is -2.46. The molecule has 0 spiro atoms. The fraction of sp³-hybridized carbons (Fsp3) is 0.0625. The van der Waals surface area contributed by atoms with E-state index in [2.05, 4.69) is 5.32 Å². The van der Waals surface area contributed by atoms with Crippen molar-refractivity contribution in [1.82, 2.24) is 9.99 Å². The van der Waals surface area contributed by atoms with E-state index in [1.54, 1.807) is 4.68 Å². The van der Waals surface area contributed by atoms with Crippen LogP contribution in [0.25, 0.3) is 22.2 Å². The number of para-hydroxylation sites is 1. The second-order valence-corrected chi connectivity index (χ2v) is 5.50. The number of nitrogens with one attached hydrogen (secondary N) is 1. The number of nitrogen functional groups attached to an aromatic ring is 1. The van der Waals surface area contributed by atoms with Crippen LogP contribution >= 0.6 is 11.6 Å². The van der Waals surface area contributed by atoms with E-state index in [1.807, 2.05) is 42.5 Å². The fourth-order valence-electron chi connectivity index (χ4n) is 2.91. The van der Waals surface area contributed by atoms with Crippen molar-refractivity contribution in [2.24, 2.45) is 0 Å². The van der Waals surface area contributed by atoms with Gasteiger partial charge < -0.3 is 11.2 Å². The van der Waals surface area contributed by atoms with Crippen molar-refractivity contribution in [3.05, 3.63) is 58.6 Å². The fourth-order valence-corrected chi connectivity index (χ4v) is 3.13. The van der Waals surface area contributed by atoms with Crippen molar-refractivity contribution in [2.45, 2.75) is 6.54 Å². The highest BCUT2D eigenvalue weighted by molar-refractivity contribution is 6.32. The maximum absolute atomic E-state index is 12.1. The largest absolute Gasteiger partial charge is 0.348 e. The van der Waals surface area contributed by atoms with E-state index in [0.29, 0.717) is 17.1 Å². The summed E-state index contributed by atoms with van der Waals surface area (Å²) in [6, 6.07) is 13.5. The molecule has 5 heteroatoms. The molecule has 4 nitrogen and oxygen atoms in total. The molecule has 0 bridgehead atoms. The molecule has 2 heterocycles. The molecular weight excluding hydrogens is 286 g/mol. The molecule has 21 heavy (non-hydrogen) atoms. The SMILES string of the molecule is Nn1c(-c2ccc(Cl)c3c2C(=O)NC3)cc2ccccc21. The number of carbonyl (C=O) groups excluding carboxylic acids is 1. The van der Waals surface area contributed by atoms with E-state index in [-0.39, 0.29) is 5.91 Å². The molecule has 1 aliphatic heterocycles. The number of benzene rings is 2. The molecule has 104 valence electrons. The number of nitrogens with zero attached hydrogens (tertiary/aromatic N) is 1. The van der Waals surface area contributed by atoms with Gasteiger partial charge in [-0.2, -0.15) is 0 Å². The zero-order chi connectivity index (χ0) is 14.6. The quantitative estimate of drug-likeness (QED) is 0.679. The first-order valence-electron chi connectivity index (χ1n) is 6.62. The topological polar surface area (TPSA) is 60.0 Å². The van der Waals surface area contributed by atoms with Crippen molar-refractivity contribution in [3.8, 4) is 11.3 Å². The predicted molar refractivity (Wildman–Crippen MR) is 83.7 cm³/mol. The molecule has 0 aliphatic carbocycles. The Bertz CT molecular complexity index is 898. The van der Waals surface area contributed by atoms with Crippen LogP contribution < -0.4 is 11.2 Å². The van der Waals surface area contributed by atoms with Gasteiger partial charge in [-0.1, -0.05) is 35.9 Å². The van der Waals surface area contributed by atoms with Gasteiger partial charge in [-0.3, -0.25) is 9.47 Å². The summed E-state index contributed by atoms with van der Waals surface area (Å²) in [6.45, 7) is 0.464. The molecule has 0 fully saturated rings. The molecule has 2 aromatic carbocycles. The van der Waals surface area contributed by atoms with Gasteiger partial charge in [-0.15, -0.1) is 0 Å². The van der Waals surface area contributed by atoms with Gasteiger partial charge in [0, 0.05) is 28.1 Å². The van der Waals surface area contributed by atoms with Gasteiger partial charge in [0.05, 0.1) is 16.8 Å². The number of halogens is 1. The zero-order valence-corrected chi connectivity index (χ0v) is 11.8. The van der Waals surface area contributed by atoms with Gasteiger partial charge in [-0.25, -0.2) is 0 Å². The lowest BCUT2D eigenvalue weighted by Crippen LogP contribution is -2.14. The van der Waals surface area contributed by atoms with Gasteiger partial charge in [0.25, 0.3) is 5.91 Å². The molecule has 1 amide bonds. The molecule has 1 aliphatic rings. The molecule has 3 N–H and O–H groups in total. The van der Waals surface area contributed by atoms with E-state index >= 15 is 0 Å². The van der Waals surface area contributed by atoms with Crippen LogP contribution in [0.4, 0.5) is 0 Å². The van der Waals surface area contributed by atoms with Crippen LogP contribution in [0.1, 0.15) is 15.9 Å². The number of rotatable bonds is 1. The molecule has 1 aromatic heterocycles. The third kappa shape index (κ3) is 1.66. The molecule has 0 saturated carbocycles. The number of amides is 1. The summed E-state index contributed by atoms with van der Waals surface area (Å²) in [6.07, 6.45) is 0. The van der Waals surface area contributed by atoms with E-state index in [4.69, 9.17) is 17.4 Å². The summed E-state index contributed by atoms with van der Waals surface area (Å²) in [5, 5.41) is 4.46. The van der Waals surface area contributed by atoms with Crippen molar-refractivity contribution in [2.75, 3.05) is 5.84 Å². The Morgan fingerprint density at radius 3 is 2.81 bits per heavy atom. The first-order valence-corrected chi connectivity index (χ1v) is 7.00. The van der Waals surface area contributed by atoms with Gasteiger partial charge in [0.15, 0.2) is 0 Å². The molecule has 3 aromatic rings. The lowest BCUT2D eigenvalue weighted by molar-refractivity contribution is 0.0966. The van der Waals surface area contributed by atoms with Crippen LogP contribution in [0.3, 0.4) is 0 Å². The number of hydrogen-bond donors (Lipinski definition) is 2. The molecule has 4 rings (SSSR count). The third-order valence-corrected chi connectivity index (χ3v) is 4.29. The van der Waals surface area contributed by atoms with Crippen molar-refractivity contribution < 1.29 is 4.79 Å². The molecule has 0 radical (unpaired) electrons. The van der Waals surface area contributed by atoms with E-state index in [9.17, 15) is 4.79 Å². The standard InChI is InChI=1S/C16H12ClN3O/c17-12-6-5-10(15-11(12)8-19-16(15)21)14-7-9-3-1-2-4-13(9)20(14)18/h1-7H,8,18H2,(H,19,21). The Morgan fingerprint density at radius 1 is 1.19 bits per heavy atom. The summed E-state index contributed by atoms with van der Waals surface area (Å²) >= 11 is 6.18. The van der Waals surface area contributed by atoms with E-state index in [1.165, 1.54) is 0 Å². The van der Waals surface area contributed by atoms with Gasteiger partial charge >= 0.3 is 0 Å². The van der Waals surface area contributed by atoms with Gasteiger partial charge in [0.1, 0.15) is 0 Å². The second kappa shape index (κ2) is 4.27. The second-order valence-electron chi connectivity index (χ2n) is 5.09. The summed E-state index contributed by atoms with van der Waals surface area (Å²) in [4.78, 5) is 12.1. The van der Waals surface area contributed by atoms with Gasteiger partial charge in [-0.05, 0) is 18.2 Å². The monoisotopic (exact) mass is 297 g/mol. The molecule has 0 unspecified atom stereocenters. The average molecular weight is 298 g/mol.